The molecule has 0 amide bonds. The number of hydrogen-bond donors (Lipinski definition) is 1. The molecule has 0 aliphatic rings. The van der Waals surface area contributed by atoms with Crippen molar-refractivity contribution in [2.45, 2.75) is 6.18 Å². The normalized spacial score (nSPS) is 11.1. The average molecular weight is 477 g/mol. The molecule has 6 nitrogen and oxygen atoms in total. The SMILES string of the molecule is COC(=O)c1c(N)c(C#N)cn1-c1cc(C(F)(F)F)ccc1Oc1ccc(-c2ccccc2)cc1. The maximum Gasteiger partial charge on any atom is 0.416 e. The second-order valence-corrected chi connectivity index (χ2v) is 7.45. The number of aromatic nitrogens is 1. The smallest absolute Gasteiger partial charge is 0.416 e. The Balaban J connectivity index is 1.81. The van der Waals surface area contributed by atoms with E-state index in [2.05, 4.69) is 0 Å². The van der Waals surface area contributed by atoms with Crippen molar-refractivity contribution in [2.75, 3.05) is 12.8 Å². The molecule has 3 aromatic carbocycles. The zero-order valence-electron chi connectivity index (χ0n) is 18.3. The Bertz CT molecular complexity index is 1420. The first-order valence-corrected chi connectivity index (χ1v) is 10.3. The van der Waals surface area contributed by atoms with Gasteiger partial charge in [-0.2, -0.15) is 18.4 Å². The molecule has 0 fully saturated rings. The Hall–Kier alpha value is -4.71. The van der Waals surface area contributed by atoms with Crippen molar-refractivity contribution in [3.05, 3.63) is 95.8 Å². The molecule has 0 unspecified atom stereocenters. The van der Waals surface area contributed by atoms with Crippen LogP contribution in [0.25, 0.3) is 16.8 Å². The molecule has 0 saturated carbocycles. The molecule has 35 heavy (non-hydrogen) atoms. The molecular weight excluding hydrogens is 459 g/mol. The predicted octanol–water partition coefficient (Wildman–Crippen LogP) is 6.20. The number of ether oxygens (including phenoxy) is 2. The van der Waals surface area contributed by atoms with E-state index in [4.69, 9.17) is 15.2 Å². The number of nitriles is 1. The predicted molar refractivity (Wildman–Crippen MR) is 123 cm³/mol. The molecule has 1 heterocycles. The van der Waals surface area contributed by atoms with Crippen LogP contribution >= 0.6 is 0 Å². The first kappa shape index (κ1) is 23.4. The Morgan fingerprint density at radius 3 is 2.26 bits per heavy atom. The van der Waals surface area contributed by atoms with Crippen molar-refractivity contribution in [3.8, 4) is 34.4 Å². The fourth-order valence-corrected chi connectivity index (χ4v) is 3.55. The second kappa shape index (κ2) is 9.27. The van der Waals surface area contributed by atoms with Crippen LogP contribution in [0.15, 0.2) is 79.0 Å². The number of anilines is 1. The Kier molecular flexibility index (Phi) is 6.21. The van der Waals surface area contributed by atoms with Crippen LogP contribution in [0.3, 0.4) is 0 Å². The number of carbonyl (C=O) groups is 1. The van der Waals surface area contributed by atoms with Crippen molar-refractivity contribution >= 4 is 11.7 Å². The maximum atomic E-state index is 13.5. The van der Waals surface area contributed by atoms with Crippen LogP contribution in [0.5, 0.6) is 11.5 Å². The van der Waals surface area contributed by atoms with Gasteiger partial charge in [-0.15, -0.1) is 0 Å². The molecule has 0 spiro atoms. The van der Waals surface area contributed by atoms with Crippen LogP contribution in [0.2, 0.25) is 0 Å². The molecule has 4 aromatic rings. The second-order valence-electron chi connectivity index (χ2n) is 7.45. The number of benzene rings is 3. The van der Waals surface area contributed by atoms with Crippen molar-refractivity contribution < 1.29 is 27.4 Å². The van der Waals surface area contributed by atoms with E-state index in [0.29, 0.717) is 5.75 Å². The molecular formula is C26H18F3N3O3. The van der Waals surface area contributed by atoms with Gasteiger partial charge in [-0.1, -0.05) is 42.5 Å². The molecule has 0 aliphatic carbocycles. The van der Waals surface area contributed by atoms with Gasteiger partial charge in [0.25, 0.3) is 0 Å². The summed E-state index contributed by atoms with van der Waals surface area (Å²) in [5.74, 6) is -0.555. The molecule has 0 radical (unpaired) electrons. The van der Waals surface area contributed by atoms with E-state index in [0.717, 1.165) is 41.0 Å². The van der Waals surface area contributed by atoms with Crippen LogP contribution in [0.4, 0.5) is 18.9 Å². The summed E-state index contributed by atoms with van der Waals surface area (Å²) in [5, 5.41) is 9.36. The minimum absolute atomic E-state index is 0.00936. The topological polar surface area (TPSA) is 90.3 Å². The molecule has 9 heteroatoms. The van der Waals surface area contributed by atoms with Gasteiger partial charge < -0.3 is 19.8 Å². The van der Waals surface area contributed by atoms with Gasteiger partial charge in [0.05, 0.1) is 29.6 Å². The van der Waals surface area contributed by atoms with Crippen LogP contribution in [0, 0.1) is 11.3 Å². The summed E-state index contributed by atoms with van der Waals surface area (Å²) in [6, 6.07) is 21.3. The largest absolute Gasteiger partial charge is 0.464 e. The Morgan fingerprint density at radius 1 is 1.00 bits per heavy atom. The van der Waals surface area contributed by atoms with E-state index >= 15 is 0 Å². The first-order chi connectivity index (χ1) is 16.7. The summed E-state index contributed by atoms with van der Waals surface area (Å²) in [4.78, 5) is 12.4. The number of hydrogen-bond acceptors (Lipinski definition) is 5. The lowest BCUT2D eigenvalue weighted by molar-refractivity contribution is -0.137. The summed E-state index contributed by atoms with van der Waals surface area (Å²) < 4.78 is 52.2. The summed E-state index contributed by atoms with van der Waals surface area (Å²) in [5.41, 5.74) is 6.13. The highest BCUT2D eigenvalue weighted by Crippen LogP contribution is 2.38. The fourth-order valence-electron chi connectivity index (χ4n) is 3.55. The van der Waals surface area contributed by atoms with Gasteiger partial charge in [0, 0.05) is 6.20 Å². The van der Waals surface area contributed by atoms with Crippen LogP contribution in [-0.2, 0) is 10.9 Å². The molecule has 176 valence electrons. The van der Waals surface area contributed by atoms with Crippen molar-refractivity contribution in [1.82, 2.24) is 4.57 Å². The van der Waals surface area contributed by atoms with E-state index in [9.17, 15) is 23.2 Å². The van der Waals surface area contributed by atoms with E-state index in [-0.39, 0.29) is 28.4 Å². The molecule has 4 rings (SSSR count). The summed E-state index contributed by atoms with van der Waals surface area (Å²) in [7, 11) is 1.10. The number of carbonyl (C=O) groups excluding carboxylic acids is 1. The van der Waals surface area contributed by atoms with Gasteiger partial charge >= 0.3 is 12.1 Å². The van der Waals surface area contributed by atoms with E-state index in [1.54, 1.807) is 12.1 Å². The molecule has 0 atom stereocenters. The van der Waals surface area contributed by atoms with Gasteiger partial charge in [-0.3, -0.25) is 0 Å². The number of nitrogens with two attached hydrogens (primary N) is 1. The number of nitrogen functional groups attached to an aromatic ring is 1. The monoisotopic (exact) mass is 477 g/mol. The highest BCUT2D eigenvalue weighted by atomic mass is 19.4. The van der Waals surface area contributed by atoms with E-state index < -0.39 is 17.7 Å². The number of nitrogens with zero attached hydrogens (tertiary/aromatic N) is 2. The van der Waals surface area contributed by atoms with Crippen molar-refractivity contribution in [2.24, 2.45) is 0 Å². The molecule has 0 saturated heterocycles. The molecule has 0 aliphatic heterocycles. The van der Waals surface area contributed by atoms with Gasteiger partial charge in [0.1, 0.15) is 11.8 Å². The van der Waals surface area contributed by atoms with Crippen molar-refractivity contribution in [3.63, 3.8) is 0 Å². The Labute approximate surface area is 198 Å². The van der Waals surface area contributed by atoms with Crippen molar-refractivity contribution in [1.29, 1.82) is 5.26 Å². The Morgan fingerprint density at radius 2 is 1.66 bits per heavy atom. The zero-order chi connectivity index (χ0) is 25.2. The molecule has 1 aromatic heterocycles. The van der Waals surface area contributed by atoms with Gasteiger partial charge in [-0.05, 0) is 41.5 Å². The minimum atomic E-state index is -4.66. The van der Waals surface area contributed by atoms with E-state index in [1.807, 2.05) is 48.5 Å². The first-order valence-electron chi connectivity index (χ1n) is 10.3. The molecule has 0 bridgehead atoms. The number of alkyl halides is 3. The number of methoxy groups -OCH3 is 1. The fraction of sp³-hybridized carbons (Fsp3) is 0.0769. The summed E-state index contributed by atoms with van der Waals surface area (Å²) in [6.07, 6.45) is -3.49. The third-order valence-electron chi connectivity index (χ3n) is 5.28. The van der Waals surface area contributed by atoms with Gasteiger partial charge in [-0.25, -0.2) is 4.79 Å². The lowest BCUT2D eigenvalue weighted by Crippen LogP contribution is -2.13. The number of halogens is 3. The molecule has 2 N–H and O–H groups in total. The lowest BCUT2D eigenvalue weighted by atomic mass is 10.1. The highest BCUT2D eigenvalue weighted by molar-refractivity contribution is 5.96. The van der Waals surface area contributed by atoms with Gasteiger partial charge in [0.2, 0.25) is 0 Å². The van der Waals surface area contributed by atoms with Crippen LogP contribution in [0.1, 0.15) is 21.6 Å². The summed E-state index contributed by atoms with van der Waals surface area (Å²) >= 11 is 0. The average Bonchev–Trinajstić information content (AvgIpc) is 3.20. The van der Waals surface area contributed by atoms with E-state index in [1.165, 1.54) is 6.20 Å². The summed E-state index contributed by atoms with van der Waals surface area (Å²) in [6.45, 7) is 0. The highest BCUT2D eigenvalue weighted by Gasteiger charge is 2.32. The third-order valence-corrected chi connectivity index (χ3v) is 5.28. The minimum Gasteiger partial charge on any atom is -0.464 e. The van der Waals surface area contributed by atoms with Crippen LogP contribution < -0.4 is 10.5 Å². The standard InChI is InChI=1S/C26H18F3N3O3/c1-34-25(33)24-23(31)18(14-30)15-32(24)21-13-19(26(27,28)29)9-12-22(21)35-20-10-7-17(8-11-20)16-5-3-2-4-6-16/h2-13,15H,31H2,1H3. The third kappa shape index (κ3) is 4.68. The number of rotatable bonds is 5. The quantitative estimate of drug-likeness (QED) is 0.346. The van der Waals surface area contributed by atoms with Crippen LogP contribution in [-0.4, -0.2) is 17.6 Å². The number of esters is 1. The van der Waals surface area contributed by atoms with Gasteiger partial charge in [0.15, 0.2) is 11.4 Å². The zero-order valence-corrected chi connectivity index (χ0v) is 18.3. The maximum absolute atomic E-state index is 13.5. The lowest BCUT2D eigenvalue weighted by Gasteiger charge is -2.17.